The van der Waals surface area contributed by atoms with Gasteiger partial charge in [0.15, 0.2) is 0 Å². The van der Waals surface area contributed by atoms with Gasteiger partial charge in [-0.05, 0) is 24.1 Å². The number of halogens is 2. The van der Waals surface area contributed by atoms with Crippen LogP contribution in [0.1, 0.15) is 13.8 Å². The molecule has 0 nitrogen and oxygen atoms in total. The molecular formula is C13H13F2. The molecule has 79 valence electrons. The van der Waals surface area contributed by atoms with Gasteiger partial charge in [0, 0.05) is 11.5 Å². The molecule has 0 spiro atoms. The molecule has 0 aromatic carbocycles. The number of allylic oxidation sites excluding steroid dienone is 8. The Kier molecular flexibility index (Phi) is 3.78. The van der Waals surface area contributed by atoms with Gasteiger partial charge in [-0.15, -0.1) is 0 Å². The molecule has 0 saturated heterocycles. The summed E-state index contributed by atoms with van der Waals surface area (Å²) in [5, 5.41) is 0. The van der Waals surface area contributed by atoms with E-state index in [1.807, 2.05) is 13.0 Å². The van der Waals surface area contributed by atoms with Gasteiger partial charge in [-0.25, -0.2) is 8.78 Å². The highest BCUT2D eigenvalue weighted by Gasteiger charge is 2.12. The van der Waals surface area contributed by atoms with E-state index in [0.717, 1.165) is 12.0 Å². The Morgan fingerprint density at radius 2 is 2.07 bits per heavy atom. The summed E-state index contributed by atoms with van der Waals surface area (Å²) in [6.07, 6.45) is 6.82. The monoisotopic (exact) mass is 207 g/mol. The van der Waals surface area contributed by atoms with Crippen LogP contribution >= 0.6 is 0 Å². The van der Waals surface area contributed by atoms with E-state index in [2.05, 4.69) is 6.58 Å². The van der Waals surface area contributed by atoms with Gasteiger partial charge in [0.05, 0.1) is 6.33 Å². The highest BCUT2D eigenvalue weighted by molar-refractivity contribution is 5.56. The highest BCUT2D eigenvalue weighted by Crippen LogP contribution is 2.28. The van der Waals surface area contributed by atoms with E-state index in [0.29, 0.717) is 17.5 Å². The van der Waals surface area contributed by atoms with Crippen LogP contribution < -0.4 is 0 Å². The Labute approximate surface area is 89.0 Å². The predicted octanol–water partition coefficient (Wildman–Crippen LogP) is 4.36. The minimum absolute atomic E-state index is 0.244. The van der Waals surface area contributed by atoms with Crippen molar-refractivity contribution in [1.29, 1.82) is 0 Å². The first kappa shape index (κ1) is 11.6. The molecule has 1 rings (SSSR count). The molecule has 0 aromatic heterocycles. The lowest BCUT2D eigenvalue weighted by atomic mass is 9.94. The van der Waals surface area contributed by atoms with Gasteiger partial charge >= 0.3 is 0 Å². The maximum absolute atomic E-state index is 13.6. The van der Waals surface area contributed by atoms with Crippen LogP contribution in [-0.2, 0) is 0 Å². The summed E-state index contributed by atoms with van der Waals surface area (Å²) >= 11 is 0. The minimum Gasteiger partial charge on any atom is -0.215 e. The van der Waals surface area contributed by atoms with Gasteiger partial charge in [-0.1, -0.05) is 31.7 Å². The number of rotatable bonds is 2. The Balaban J connectivity index is 2.98. The standard InChI is InChI=1S/C13H13F2/c1-9-4-5-11(3)12(6-9)13(15)7-10(2)8-14/h4-8H,3H2,1-2H3/b10-8+,13-7+. The predicted molar refractivity (Wildman–Crippen MR) is 59.3 cm³/mol. The first-order valence-electron chi connectivity index (χ1n) is 4.61. The lowest BCUT2D eigenvalue weighted by Crippen LogP contribution is -1.96. The first-order valence-corrected chi connectivity index (χ1v) is 4.61. The van der Waals surface area contributed by atoms with E-state index in [9.17, 15) is 8.78 Å². The van der Waals surface area contributed by atoms with Crippen molar-refractivity contribution in [3.63, 3.8) is 0 Å². The quantitative estimate of drug-likeness (QED) is 0.590. The Morgan fingerprint density at radius 3 is 2.67 bits per heavy atom. The van der Waals surface area contributed by atoms with Crippen molar-refractivity contribution in [2.45, 2.75) is 13.8 Å². The average Bonchev–Trinajstić information content (AvgIpc) is 2.21. The molecule has 0 saturated carbocycles. The number of hydrogen-bond acceptors (Lipinski definition) is 0. The molecule has 0 atom stereocenters. The van der Waals surface area contributed by atoms with E-state index < -0.39 is 5.83 Å². The average molecular weight is 207 g/mol. The van der Waals surface area contributed by atoms with E-state index in [4.69, 9.17) is 0 Å². The summed E-state index contributed by atoms with van der Waals surface area (Å²) in [5.41, 5.74) is 1.26. The van der Waals surface area contributed by atoms with Gasteiger partial charge in [0.2, 0.25) is 0 Å². The molecule has 0 amide bonds. The Morgan fingerprint density at radius 1 is 1.40 bits per heavy atom. The fourth-order valence-electron chi connectivity index (χ4n) is 1.22. The molecule has 1 aliphatic carbocycles. The molecule has 0 aliphatic heterocycles. The third kappa shape index (κ3) is 3.01. The van der Waals surface area contributed by atoms with Crippen molar-refractivity contribution in [3.8, 4) is 0 Å². The van der Waals surface area contributed by atoms with Gasteiger partial charge in [-0.3, -0.25) is 0 Å². The van der Waals surface area contributed by atoms with Crippen molar-refractivity contribution < 1.29 is 8.78 Å². The fourth-order valence-corrected chi connectivity index (χ4v) is 1.22. The zero-order chi connectivity index (χ0) is 11.4. The van der Waals surface area contributed by atoms with Crippen molar-refractivity contribution in [2.24, 2.45) is 0 Å². The van der Waals surface area contributed by atoms with Gasteiger partial charge in [-0.2, -0.15) is 0 Å². The summed E-state index contributed by atoms with van der Waals surface area (Å²) in [6, 6.07) is 0. The van der Waals surface area contributed by atoms with Gasteiger partial charge < -0.3 is 0 Å². The van der Waals surface area contributed by atoms with E-state index in [1.165, 1.54) is 6.92 Å². The maximum Gasteiger partial charge on any atom is 0.131 e. The third-order valence-corrected chi connectivity index (χ3v) is 2.05. The van der Waals surface area contributed by atoms with Gasteiger partial charge in [0.25, 0.3) is 0 Å². The Bertz CT molecular complexity index is 381. The summed E-state index contributed by atoms with van der Waals surface area (Å²) in [5.74, 6) is 0.484. The molecule has 1 radical (unpaired) electrons. The van der Waals surface area contributed by atoms with Crippen LogP contribution in [0.4, 0.5) is 8.78 Å². The normalized spacial score (nSPS) is 19.5. The molecule has 0 unspecified atom stereocenters. The molecular weight excluding hydrogens is 194 g/mol. The van der Waals surface area contributed by atoms with Crippen molar-refractivity contribution >= 4 is 0 Å². The molecule has 0 heterocycles. The number of hydrogen-bond donors (Lipinski definition) is 0. The molecule has 0 aromatic rings. The first-order chi connectivity index (χ1) is 7.04. The summed E-state index contributed by atoms with van der Waals surface area (Å²) < 4.78 is 25.7. The smallest absolute Gasteiger partial charge is 0.131 e. The van der Waals surface area contributed by atoms with E-state index in [-0.39, 0.29) is 5.57 Å². The zero-order valence-electron chi connectivity index (χ0n) is 8.85. The van der Waals surface area contributed by atoms with Crippen molar-refractivity contribution in [3.05, 3.63) is 65.7 Å². The summed E-state index contributed by atoms with van der Waals surface area (Å²) in [4.78, 5) is 0. The molecule has 0 bridgehead atoms. The van der Waals surface area contributed by atoms with Crippen LogP contribution in [0.5, 0.6) is 0 Å². The maximum atomic E-state index is 13.6. The van der Waals surface area contributed by atoms with Crippen LogP contribution in [0.2, 0.25) is 0 Å². The van der Waals surface area contributed by atoms with Crippen LogP contribution in [0, 0.1) is 5.92 Å². The molecule has 1 aliphatic rings. The summed E-state index contributed by atoms with van der Waals surface area (Å²) in [6.45, 7) is 7.09. The zero-order valence-corrected chi connectivity index (χ0v) is 8.85. The molecule has 15 heavy (non-hydrogen) atoms. The molecule has 2 heteroatoms. The second-order valence-electron chi connectivity index (χ2n) is 3.51. The Hall–Kier alpha value is -1.44. The lowest BCUT2D eigenvalue weighted by molar-refractivity contribution is 0.650. The summed E-state index contributed by atoms with van der Waals surface area (Å²) in [7, 11) is 0. The largest absolute Gasteiger partial charge is 0.215 e. The fraction of sp³-hybridized carbons (Fsp3) is 0.154. The van der Waals surface area contributed by atoms with E-state index in [1.54, 1.807) is 12.2 Å². The highest BCUT2D eigenvalue weighted by atomic mass is 19.1. The van der Waals surface area contributed by atoms with Crippen molar-refractivity contribution in [2.75, 3.05) is 0 Å². The van der Waals surface area contributed by atoms with Crippen molar-refractivity contribution in [1.82, 2.24) is 0 Å². The topological polar surface area (TPSA) is 0 Å². The molecule has 0 fully saturated rings. The second kappa shape index (κ2) is 4.87. The van der Waals surface area contributed by atoms with Crippen LogP contribution in [0.15, 0.2) is 59.8 Å². The van der Waals surface area contributed by atoms with Crippen LogP contribution in [-0.4, -0.2) is 0 Å². The van der Waals surface area contributed by atoms with Crippen LogP contribution in [0.25, 0.3) is 0 Å². The second-order valence-corrected chi connectivity index (χ2v) is 3.51. The lowest BCUT2D eigenvalue weighted by Gasteiger charge is -2.12. The van der Waals surface area contributed by atoms with E-state index >= 15 is 0 Å². The minimum atomic E-state index is -0.463. The van der Waals surface area contributed by atoms with Crippen LogP contribution in [0.3, 0.4) is 0 Å². The molecule has 0 N–H and O–H groups in total. The third-order valence-electron chi connectivity index (χ3n) is 2.05. The SMILES string of the molecule is C=C1C=C[C](C)C=C1/C(F)=C\C(C)=C\F. The van der Waals surface area contributed by atoms with Gasteiger partial charge in [0.1, 0.15) is 5.83 Å².